The summed E-state index contributed by atoms with van der Waals surface area (Å²) in [5.74, 6) is -1.26. The van der Waals surface area contributed by atoms with Gasteiger partial charge in [0.15, 0.2) is 12.4 Å². The van der Waals surface area contributed by atoms with Crippen LogP contribution in [-0.2, 0) is 23.8 Å². The van der Waals surface area contributed by atoms with E-state index in [4.69, 9.17) is 14.2 Å². The quantitative estimate of drug-likeness (QED) is 0.0195. The third kappa shape index (κ3) is 46.5. The highest BCUT2D eigenvalue weighted by atomic mass is 16.7. The molecule has 8 unspecified atom stereocenters. The van der Waals surface area contributed by atoms with Crippen LogP contribution in [-0.4, -0.2) is 99.6 Å². The van der Waals surface area contributed by atoms with Crippen molar-refractivity contribution >= 4 is 11.9 Å². The van der Waals surface area contributed by atoms with Gasteiger partial charge in [-0.2, -0.15) is 0 Å². The molecule has 0 radical (unpaired) electrons. The minimum absolute atomic E-state index is 0.113. The van der Waals surface area contributed by atoms with E-state index in [1.54, 1.807) is 6.08 Å². The monoisotopic (exact) mass is 1160 g/mol. The van der Waals surface area contributed by atoms with Crippen molar-refractivity contribution in [2.45, 2.75) is 333 Å². The van der Waals surface area contributed by atoms with Crippen LogP contribution >= 0.6 is 0 Å². The number of rotatable bonds is 57. The molecule has 0 spiro atoms. The van der Waals surface area contributed by atoms with E-state index in [0.29, 0.717) is 12.8 Å². The highest BCUT2D eigenvalue weighted by molar-refractivity contribution is 5.80. The molecule has 8 atom stereocenters. The second-order valence-corrected chi connectivity index (χ2v) is 23.2. The summed E-state index contributed by atoms with van der Waals surface area (Å²) in [6.07, 6.45) is 68.9. The standard InChI is InChI=1S/C72H125NO10/c1-4-7-10-13-16-19-22-24-26-28-29-30-31-32-33-34-35-36-37-38-40-42-45-48-51-54-57-60-67(77)83-70-69(79)68(78)66(61-74)82-72(70)81-62-63(64(75)58-55-52-49-46-43-21-18-15-12-9-6-3)73-71(80)65(76)59-56-53-50-47-44-41-39-27-25-23-20-17-14-11-8-5-2/h16-17,19-20,24-27,29-30,41,44,50,53,55,58,63-66,68-70,72,74-76,78-79H,4-15,18,21-23,28,31-40,42-43,45-49,51-52,54,56-57,59-62H2,1-3H3,(H,73,80)/b19-16-,20-17-,26-24-,27-25-,30-29-,44-41-,53-50-,58-55+. The SMILES string of the molecule is CCCCC/C=C\C/C=C\C/C=C\C/C=C\CCC(O)C(=O)NC(COC1OC(CO)C(O)C(O)C1OC(=O)CCCCCCCCCCCCCCCC/C=C\C/C=C\C/C=C\CCCCC)C(O)/C=C/CCCCCCCCCCC. The molecule has 0 aliphatic carbocycles. The Morgan fingerprint density at radius 2 is 0.831 bits per heavy atom. The Kier molecular flexibility index (Phi) is 55.1. The van der Waals surface area contributed by atoms with Gasteiger partial charge in [-0.1, -0.05) is 272 Å². The molecule has 0 aromatic rings. The number of ether oxygens (including phenoxy) is 3. The molecule has 1 amide bonds. The fourth-order valence-corrected chi connectivity index (χ4v) is 10.1. The van der Waals surface area contributed by atoms with Gasteiger partial charge in [-0.3, -0.25) is 9.59 Å². The number of allylic oxidation sites excluding steroid dienone is 15. The summed E-state index contributed by atoms with van der Waals surface area (Å²) in [4.78, 5) is 26.6. The smallest absolute Gasteiger partial charge is 0.306 e. The Hall–Kier alpha value is -3.42. The number of amides is 1. The molecule has 478 valence electrons. The molecule has 0 bridgehead atoms. The van der Waals surface area contributed by atoms with Gasteiger partial charge < -0.3 is 45.1 Å². The highest BCUT2D eigenvalue weighted by Gasteiger charge is 2.47. The first kappa shape index (κ1) is 77.6. The van der Waals surface area contributed by atoms with Crippen molar-refractivity contribution in [3.05, 3.63) is 97.2 Å². The average molecular weight is 1160 g/mol. The van der Waals surface area contributed by atoms with Crippen LogP contribution in [0, 0.1) is 0 Å². The van der Waals surface area contributed by atoms with Gasteiger partial charge >= 0.3 is 5.97 Å². The van der Waals surface area contributed by atoms with Crippen molar-refractivity contribution in [1.82, 2.24) is 5.32 Å². The molecular weight excluding hydrogens is 1040 g/mol. The van der Waals surface area contributed by atoms with Gasteiger partial charge in [0.05, 0.1) is 25.4 Å². The third-order valence-corrected chi connectivity index (χ3v) is 15.5. The van der Waals surface area contributed by atoms with Crippen molar-refractivity contribution in [3.8, 4) is 0 Å². The molecule has 1 heterocycles. The van der Waals surface area contributed by atoms with Crippen LogP contribution in [0.15, 0.2) is 97.2 Å². The van der Waals surface area contributed by atoms with Crippen LogP contribution in [0.25, 0.3) is 0 Å². The van der Waals surface area contributed by atoms with E-state index < -0.39 is 67.4 Å². The highest BCUT2D eigenvalue weighted by Crippen LogP contribution is 2.26. The maximum atomic E-state index is 13.4. The summed E-state index contributed by atoms with van der Waals surface area (Å²) in [6.45, 7) is 5.70. The zero-order valence-electron chi connectivity index (χ0n) is 53.0. The second-order valence-electron chi connectivity index (χ2n) is 23.2. The first-order valence-electron chi connectivity index (χ1n) is 34.0. The Morgan fingerprint density at radius 3 is 1.27 bits per heavy atom. The summed E-state index contributed by atoms with van der Waals surface area (Å²) in [6, 6.07) is -1.06. The largest absolute Gasteiger partial charge is 0.454 e. The molecule has 1 fully saturated rings. The van der Waals surface area contributed by atoms with E-state index in [-0.39, 0.29) is 19.4 Å². The first-order valence-corrected chi connectivity index (χ1v) is 34.0. The van der Waals surface area contributed by atoms with Crippen molar-refractivity contribution < 1.29 is 49.3 Å². The Bertz CT molecular complexity index is 1720. The molecule has 0 aromatic carbocycles. The van der Waals surface area contributed by atoms with Crippen LogP contribution < -0.4 is 5.32 Å². The van der Waals surface area contributed by atoms with Gasteiger partial charge in [-0.05, 0) is 103 Å². The lowest BCUT2D eigenvalue weighted by atomic mass is 9.99. The minimum Gasteiger partial charge on any atom is -0.454 e. The third-order valence-electron chi connectivity index (χ3n) is 15.5. The summed E-state index contributed by atoms with van der Waals surface area (Å²) in [7, 11) is 0. The number of carbonyl (C=O) groups is 2. The van der Waals surface area contributed by atoms with E-state index in [9.17, 15) is 35.1 Å². The first-order chi connectivity index (χ1) is 40.7. The minimum atomic E-state index is -1.63. The molecule has 1 rings (SSSR count). The zero-order chi connectivity index (χ0) is 60.3. The lowest BCUT2D eigenvalue weighted by Gasteiger charge is -2.41. The van der Waals surface area contributed by atoms with Crippen LogP contribution in [0.5, 0.6) is 0 Å². The summed E-state index contributed by atoms with van der Waals surface area (Å²) in [5, 5.41) is 57.0. The Morgan fingerprint density at radius 1 is 0.470 bits per heavy atom. The van der Waals surface area contributed by atoms with Crippen molar-refractivity contribution in [3.63, 3.8) is 0 Å². The summed E-state index contributed by atoms with van der Waals surface area (Å²) in [5.41, 5.74) is 0. The van der Waals surface area contributed by atoms with Gasteiger partial charge in [0.2, 0.25) is 5.91 Å². The van der Waals surface area contributed by atoms with Crippen LogP contribution in [0.4, 0.5) is 0 Å². The van der Waals surface area contributed by atoms with Crippen molar-refractivity contribution in [1.29, 1.82) is 0 Å². The predicted octanol–water partition coefficient (Wildman–Crippen LogP) is 17.1. The normalized spacial score (nSPS) is 19.2. The van der Waals surface area contributed by atoms with Crippen molar-refractivity contribution in [2.24, 2.45) is 0 Å². The van der Waals surface area contributed by atoms with Gasteiger partial charge in [0.1, 0.15) is 24.4 Å². The molecule has 11 nitrogen and oxygen atoms in total. The van der Waals surface area contributed by atoms with E-state index in [1.807, 2.05) is 18.2 Å². The fraction of sp³-hybridized carbons (Fsp3) is 0.750. The van der Waals surface area contributed by atoms with Crippen molar-refractivity contribution in [2.75, 3.05) is 13.2 Å². The zero-order valence-corrected chi connectivity index (χ0v) is 53.0. The molecule has 0 aromatic heterocycles. The van der Waals surface area contributed by atoms with Crippen LogP contribution in [0.3, 0.4) is 0 Å². The second kappa shape index (κ2) is 58.9. The van der Waals surface area contributed by atoms with Crippen LogP contribution in [0.2, 0.25) is 0 Å². The van der Waals surface area contributed by atoms with E-state index >= 15 is 0 Å². The van der Waals surface area contributed by atoms with Gasteiger partial charge in [0.25, 0.3) is 0 Å². The Labute approximate surface area is 507 Å². The van der Waals surface area contributed by atoms with E-state index in [2.05, 4.69) is 99.0 Å². The number of aliphatic hydroxyl groups excluding tert-OH is 5. The maximum absolute atomic E-state index is 13.4. The molecular formula is C72H125NO10. The van der Waals surface area contributed by atoms with Gasteiger partial charge in [-0.15, -0.1) is 0 Å². The topological polar surface area (TPSA) is 175 Å². The number of carbonyl (C=O) groups excluding carboxylic acids is 2. The molecule has 11 heteroatoms. The lowest BCUT2D eigenvalue weighted by Crippen LogP contribution is -2.61. The molecule has 1 aliphatic rings. The molecule has 1 aliphatic heterocycles. The van der Waals surface area contributed by atoms with E-state index in [0.717, 1.165) is 83.5 Å². The molecule has 1 saturated heterocycles. The molecule has 83 heavy (non-hydrogen) atoms. The molecule has 6 N–H and O–H groups in total. The van der Waals surface area contributed by atoms with Gasteiger partial charge in [0, 0.05) is 6.42 Å². The van der Waals surface area contributed by atoms with Gasteiger partial charge in [-0.25, -0.2) is 0 Å². The molecule has 0 saturated carbocycles. The lowest BCUT2D eigenvalue weighted by molar-refractivity contribution is -0.305. The summed E-state index contributed by atoms with van der Waals surface area (Å²) >= 11 is 0. The van der Waals surface area contributed by atoms with Crippen LogP contribution in [0.1, 0.15) is 284 Å². The predicted molar refractivity (Wildman–Crippen MR) is 347 cm³/mol. The number of esters is 1. The fourth-order valence-electron chi connectivity index (χ4n) is 10.1. The maximum Gasteiger partial charge on any atom is 0.306 e. The average Bonchev–Trinajstić information content (AvgIpc) is 3.52. The number of nitrogens with one attached hydrogen (secondary N) is 1. The summed E-state index contributed by atoms with van der Waals surface area (Å²) < 4.78 is 17.6. The number of unbranched alkanes of at least 4 members (excludes halogenated alkanes) is 29. The number of hydrogen-bond acceptors (Lipinski definition) is 10. The Balaban J connectivity index is 2.58. The van der Waals surface area contributed by atoms with E-state index in [1.165, 1.54) is 154 Å². The number of hydrogen-bond donors (Lipinski definition) is 6. The number of aliphatic hydroxyl groups is 5.